The lowest BCUT2D eigenvalue weighted by Gasteiger charge is -2.15. The Balaban J connectivity index is 2.21. The predicted molar refractivity (Wildman–Crippen MR) is 75.8 cm³/mol. The molecule has 0 aliphatic heterocycles. The van der Waals surface area contributed by atoms with Gasteiger partial charge in [0.2, 0.25) is 0 Å². The van der Waals surface area contributed by atoms with Gasteiger partial charge in [-0.1, -0.05) is 18.2 Å². The van der Waals surface area contributed by atoms with Crippen LogP contribution in [0.15, 0.2) is 36.4 Å². The van der Waals surface area contributed by atoms with Gasteiger partial charge in [0.25, 0.3) is 0 Å². The molecular formula is C16H17F3N2. The molecule has 1 atom stereocenters. The zero-order valence-corrected chi connectivity index (χ0v) is 11.9. The summed E-state index contributed by atoms with van der Waals surface area (Å²) >= 11 is 0. The number of hydrogen-bond donors (Lipinski definition) is 1. The van der Waals surface area contributed by atoms with Gasteiger partial charge in [-0.25, -0.2) is 0 Å². The Morgan fingerprint density at radius 1 is 1.10 bits per heavy atom. The van der Waals surface area contributed by atoms with Gasteiger partial charge in [-0.05, 0) is 49.6 Å². The lowest BCUT2D eigenvalue weighted by atomic mass is 9.98. The fourth-order valence-electron chi connectivity index (χ4n) is 2.33. The third-order valence-corrected chi connectivity index (χ3v) is 3.24. The number of rotatable bonds is 3. The minimum absolute atomic E-state index is 0.353. The van der Waals surface area contributed by atoms with E-state index in [0.29, 0.717) is 12.0 Å². The molecular weight excluding hydrogens is 277 g/mol. The molecule has 2 nitrogen and oxygen atoms in total. The Hall–Kier alpha value is -1.88. The molecule has 1 heterocycles. The molecule has 0 bridgehead atoms. The van der Waals surface area contributed by atoms with Gasteiger partial charge >= 0.3 is 6.18 Å². The van der Waals surface area contributed by atoms with E-state index in [4.69, 9.17) is 5.73 Å². The minimum Gasteiger partial charge on any atom is -0.324 e. The number of hydrogen-bond acceptors (Lipinski definition) is 2. The average molecular weight is 294 g/mol. The predicted octanol–water partition coefficient (Wildman–Crippen LogP) is 3.96. The van der Waals surface area contributed by atoms with Gasteiger partial charge in [-0.3, -0.25) is 4.98 Å². The molecule has 1 aromatic carbocycles. The van der Waals surface area contributed by atoms with E-state index in [1.54, 1.807) is 6.07 Å². The maximum atomic E-state index is 12.7. The zero-order valence-electron chi connectivity index (χ0n) is 11.9. The maximum Gasteiger partial charge on any atom is 0.416 e. The molecule has 0 fully saturated rings. The van der Waals surface area contributed by atoms with Gasteiger partial charge < -0.3 is 5.73 Å². The highest BCUT2D eigenvalue weighted by molar-refractivity contribution is 5.29. The van der Waals surface area contributed by atoms with Crippen molar-refractivity contribution in [1.29, 1.82) is 0 Å². The number of alkyl halides is 3. The van der Waals surface area contributed by atoms with E-state index in [0.717, 1.165) is 29.1 Å². The van der Waals surface area contributed by atoms with Crippen LogP contribution in [0.25, 0.3) is 0 Å². The first-order valence-corrected chi connectivity index (χ1v) is 6.62. The van der Waals surface area contributed by atoms with Crippen molar-refractivity contribution in [2.24, 2.45) is 5.73 Å². The summed E-state index contributed by atoms with van der Waals surface area (Å²) < 4.78 is 38.1. The van der Waals surface area contributed by atoms with Crippen molar-refractivity contribution in [3.05, 3.63) is 64.5 Å². The van der Waals surface area contributed by atoms with E-state index in [1.807, 2.05) is 26.0 Å². The molecule has 1 unspecified atom stereocenters. The number of halogens is 3. The molecule has 0 aliphatic rings. The van der Waals surface area contributed by atoms with Crippen LogP contribution in [0.5, 0.6) is 0 Å². The van der Waals surface area contributed by atoms with Gasteiger partial charge in [-0.2, -0.15) is 13.2 Å². The highest BCUT2D eigenvalue weighted by Crippen LogP contribution is 2.30. The van der Waals surface area contributed by atoms with Crippen LogP contribution in [0.1, 0.15) is 34.1 Å². The lowest BCUT2D eigenvalue weighted by Crippen LogP contribution is -2.15. The Kier molecular flexibility index (Phi) is 4.32. The van der Waals surface area contributed by atoms with E-state index >= 15 is 0 Å². The van der Waals surface area contributed by atoms with Crippen molar-refractivity contribution in [2.75, 3.05) is 0 Å². The summed E-state index contributed by atoms with van der Waals surface area (Å²) in [5.74, 6) is 0. The van der Waals surface area contributed by atoms with E-state index in [-0.39, 0.29) is 6.04 Å². The maximum absolute atomic E-state index is 12.7. The number of nitrogens with two attached hydrogens (primary N) is 1. The number of aromatic nitrogens is 1. The Labute approximate surface area is 121 Å². The Morgan fingerprint density at radius 3 is 2.29 bits per heavy atom. The van der Waals surface area contributed by atoms with Crippen LogP contribution < -0.4 is 5.73 Å². The van der Waals surface area contributed by atoms with Crippen molar-refractivity contribution in [3.63, 3.8) is 0 Å². The molecule has 0 spiro atoms. The van der Waals surface area contributed by atoms with Crippen LogP contribution >= 0.6 is 0 Å². The van der Waals surface area contributed by atoms with Crippen LogP contribution in [0.4, 0.5) is 13.2 Å². The molecule has 5 heteroatoms. The van der Waals surface area contributed by atoms with Gasteiger partial charge in [0, 0.05) is 17.4 Å². The smallest absolute Gasteiger partial charge is 0.324 e. The van der Waals surface area contributed by atoms with E-state index in [9.17, 15) is 13.2 Å². The summed E-state index contributed by atoms with van der Waals surface area (Å²) in [5, 5.41) is 0. The second kappa shape index (κ2) is 5.85. The van der Waals surface area contributed by atoms with Crippen LogP contribution in [0, 0.1) is 13.8 Å². The summed E-state index contributed by atoms with van der Waals surface area (Å²) in [6.45, 7) is 3.74. The molecule has 21 heavy (non-hydrogen) atoms. The van der Waals surface area contributed by atoms with Crippen LogP contribution in [0.3, 0.4) is 0 Å². The molecule has 0 saturated carbocycles. The monoisotopic (exact) mass is 294 g/mol. The quantitative estimate of drug-likeness (QED) is 0.930. The van der Waals surface area contributed by atoms with E-state index < -0.39 is 11.7 Å². The minimum atomic E-state index is -4.33. The summed E-state index contributed by atoms with van der Waals surface area (Å²) in [6, 6.07) is 8.67. The first-order valence-electron chi connectivity index (χ1n) is 6.62. The molecule has 2 aromatic rings. The molecule has 0 amide bonds. The van der Waals surface area contributed by atoms with Gasteiger partial charge in [0.05, 0.1) is 5.56 Å². The van der Waals surface area contributed by atoms with Crippen LogP contribution in [0.2, 0.25) is 0 Å². The summed E-state index contributed by atoms with van der Waals surface area (Å²) in [5.41, 5.74) is 8.63. The van der Waals surface area contributed by atoms with Crippen molar-refractivity contribution in [1.82, 2.24) is 4.98 Å². The van der Waals surface area contributed by atoms with Crippen molar-refractivity contribution in [3.8, 4) is 0 Å². The van der Waals surface area contributed by atoms with Crippen molar-refractivity contribution >= 4 is 0 Å². The number of benzene rings is 1. The molecule has 2 rings (SSSR count). The highest BCUT2D eigenvalue weighted by atomic mass is 19.4. The Bertz CT molecular complexity index is 615. The average Bonchev–Trinajstić information content (AvgIpc) is 2.37. The normalized spacial score (nSPS) is 13.2. The van der Waals surface area contributed by atoms with Gasteiger partial charge in [-0.15, -0.1) is 0 Å². The van der Waals surface area contributed by atoms with Crippen LogP contribution in [-0.4, -0.2) is 4.98 Å². The fourth-order valence-corrected chi connectivity index (χ4v) is 2.33. The summed E-state index contributed by atoms with van der Waals surface area (Å²) in [6.07, 6.45) is -3.98. The first kappa shape index (κ1) is 15.5. The largest absolute Gasteiger partial charge is 0.416 e. The summed E-state index contributed by atoms with van der Waals surface area (Å²) in [4.78, 5) is 4.27. The standard InChI is InChI=1S/C16H17F3N2/c1-10-6-13(7-11(2)21-10)15(20)9-12-4-3-5-14(8-12)16(17,18)19/h3-8,15H,9,20H2,1-2H3. The SMILES string of the molecule is Cc1cc(C(N)Cc2cccc(C(F)(F)F)c2)cc(C)n1. The Morgan fingerprint density at radius 2 is 1.71 bits per heavy atom. The zero-order chi connectivity index (χ0) is 15.6. The van der Waals surface area contributed by atoms with E-state index in [1.165, 1.54) is 6.07 Å². The molecule has 112 valence electrons. The molecule has 2 N–H and O–H groups in total. The molecule has 0 saturated heterocycles. The number of nitrogens with zero attached hydrogens (tertiary/aromatic N) is 1. The topological polar surface area (TPSA) is 38.9 Å². The highest BCUT2D eigenvalue weighted by Gasteiger charge is 2.30. The van der Waals surface area contributed by atoms with Crippen molar-refractivity contribution in [2.45, 2.75) is 32.5 Å². The second-order valence-electron chi connectivity index (χ2n) is 5.19. The number of aryl methyl sites for hydroxylation is 2. The van der Waals surface area contributed by atoms with Crippen molar-refractivity contribution < 1.29 is 13.2 Å². The van der Waals surface area contributed by atoms with Gasteiger partial charge in [0.15, 0.2) is 0 Å². The third-order valence-electron chi connectivity index (χ3n) is 3.24. The lowest BCUT2D eigenvalue weighted by molar-refractivity contribution is -0.137. The third kappa shape index (κ3) is 4.04. The molecule has 0 radical (unpaired) electrons. The van der Waals surface area contributed by atoms with Gasteiger partial charge in [0.1, 0.15) is 0 Å². The fraction of sp³-hybridized carbons (Fsp3) is 0.312. The molecule has 0 aliphatic carbocycles. The number of pyridine rings is 1. The first-order chi connectivity index (χ1) is 9.75. The second-order valence-corrected chi connectivity index (χ2v) is 5.19. The van der Waals surface area contributed by atoms with Crippen LogP contribution in [-0.2, 0) is 12.6 Å². The molecule has 1 aromatic heterocycles. The summed E-state index contributed by atoms with van der Waals surface area (Å²) in [7, 11) is 0. The van der Waals surface area contributed by atoms with E-state index in [2.05, 4.69) is 4.98 Å².